The Labute approximate surface area is 123 Å². The lowest BCUT2D eigenvalue weighted by Crippen LogP contribution is -2.21. The quantitative estimate of drug-likeness (QED) is 0.858. The molecule has 0 spiro atoms. The van der Waals surface area contributed by atoms with Gasteiger partial charge >= 0.3 is 0 Å². The minimum atomic E-state index is -0.0890. The highest BCUT2D eigenvalue weighted by Crippen LogP contribution is 2.17. The Kier molecular flexibility index (Phi) is 5.75. The molecule has 104 valence electrons. The number of aliphatic hydroxyl groups excluding tert-OH is 1. The van der Waals surface area contributed by atoms with Gasteiger partial charge in [-0.2, -0.15) is 0 Å². The van der Waals surface area contributed by atoms with Crippen LogP contribution in [0.15, 0.2) is 36.0 Å². The number of hydrogen-bond donors (Lipinski definition) is 1. The van der Waals surface area contributed by atoms with Crippen LogP contribution in [0.2, 0.25) is 0 Å². The molecule has 0 saturated carbocycles. The minimum Gasteiger partial charge on any atom is -0.384 e. The smallest absolute Gasteiger partial charge is 0.104 e. The van der Waals surface area contributed by atoms with Crippen molar-refractivity contribution in [2.45, 2.75) is 20.0 Å². The first-order valence-corrected chi connectivity index (χ1v) is 7.48. The molecule has 3 nitrogen and oxygen atoms in total. The second-order valence-corrected chi connectivity index (χ2v) is 5.42. The fraction of sp³-hybridized carbons (Fsp3) is 0.312. The molecular weight excluding hydrogens is 268 g/mol. The summed E-state index contributed by atoms with van der Waals surface area (Å²) in [5, 5.41) is 10.7. The van der Waals surface area contributed by atoms with Crippen LogP contribution in [0.4, 0.5) is 0 Å². The van der Waals surface area contributed by atoms with Crippen molar-refractivity contribution in [3.63, 3.8) is 0 Å². The van der Waals surface area contributed by atoms with Crippen molar-refractivity contribution in [3.05, 3.63) is 52.0 Å². The fourth-order valence-electron chi connectivity index (χ4n) is 1.92. The number of rotatable bonds is 5. The maximum atomic E-state index is 8.70. The van der Waals surface area contributed by atoms with E-state index in [2.05, 4.69) is 46.8 Å². The molecule has 2 aromatic heterocycles. The first-order chi connectivity index (χ1) is 9.81. The minimum absolute atomic E-state index is 0.0890. The van der Waals surface area contributed by atoms with Crippen LogP contribution < -0.4 is 0 Å². The molecular formula is C16H18N2OS. The van der Waals surface area contributed by atoms with Crippen molar-refractivity contribution >= 4 is 11.3 Å². The summed E-state index contributed by atoms with van der Waals surface area (Å²) in [6.45, 7) is 4.92. The van der Waals surface area contributed by atoms with Crippen molar-refractivity contribution in [1.82, 2.24) is 9.88 Å². The van der Waals surface area contributed by atoms with Crippen LogP contribution in [-0.4, -0.2) is 28.1 Å². The van der Waals surface area contributed by atoms with Crippen LogP contribution in [0, 0.1) is 11.8 Å². The molecule has 0 aliphatic heterocycles. The van der Waals surface area contributed by atoms with Gasteiger partial charge in [0, 0.05) is 41.3 Å². The van der Waals surface area contributed by atoms with Crippen molar-refractivity contribution in [3.8, 4) is 11.8 Å². The van der Waals surface area contributed by atoms with E-state index in [-0.39, 0.29) is 6.61 Å². The highest BCUT2D eigenvalue weighted by molar-refractivity contribution is 7.10. The van der Waals surface area contributed by atoms with Gasteiger partial charge in [0.25, 0.3) is 0 Å². The van der Waals surface area contributed by atoms with Gasteiger partial charge in [-0.15, -0.1) is 11.3 Å². The summed E-state index contributed by atoms with van der Waals surface area (Å²) >= 11 is 1.72. The van der Waals surface area contributed by atoms with Crippen LogP contribution in [0.3, 0.4) is 0 Å². The lowest BCUT2D eigenvalue weighted by Gasteiger charge is -2.19. The Balaban J connectivity index is 1.97. The van der Waals surface area contributed by atoms with E-state index in [1.165, 1.54) is 10.4 Å². The monoisotopic (exact) mass is 286 g/mol. The number of aromatic nitrogens is 1. The Morgan fingerprint density at radius 2 is 2.10 bits per heavy atom. The van der Waals surface area contributed by atoms with E-state index in [1.807, 2.05) is 17.8 Å². The molecule has 0 bridgehead atoms. The molecule has 0 fully saturated rings. The van der Waals surface area contributed by atoms with Gasteiger partial charge in [-0.05, 0) is 30.3 Å². The zero-order valence-corrected chi connectivity index (χ0v) is 12.4. The van der Waals surface area contributed by atoms with Gasteiger partial charge in [-0.25, -0.2) is 0 Å². The van der Waals surface area contributed by atoms with Gasteiger partial charge in [0.2, 0.25) is 0 Å². The summed E-state index contributed by atoms with van der Waals surface area (Å²) in [5.74, 6) is 5.62. The third-order valence-electron chi connectivity index (χ3n) is 2.95. The molecule has 0 unspecified atom stereocenters. The molecule has 0 aliphatic carbocycles. The van der Waals surface area contributed by atoms with Crippen LogP contribution >= 0.6 is 11.3 Å². The van der Waals surface area contributed by atoms with Crippen molar-refractivity contribution in [2.24, 2.45) is 0 Å². The standard InChI is InChI=1S/C16H18N2OS/c1-2-18(11-14-5-7-17-8-6-14)12-16-10-15(13-20-16)4-3-9-19/h5-8,10,13,19H,2,9,11-12H2,1H3. The second kappa shape index (κ2) is 7.81. The van der Waals surface area contributed by atoms with Gasteiger partial charge in [-0.1, -0.05) is 18.8 Å². The summed E-state index contributed by atoms with van der Waals surface area (Å²) in [5.41, 5.74) is 2.26. The fourth-order valence-corrected chi connectivity index (χ4v) is 2.77. The normalized spacial score (nSPS) is 10.3. The summed E-state index contributed by atoms with van der Waals surface area (Å²) in [6, 6.07) is 6.20. The molecule has 20 heavy (non-hydrogen) atoms. The van der Waals surface area contributed by atoms with Gasteiger partial charge in [-0.3, -0.25) is 9.88 Å². The van der Waals surface area contributed by atoms with Crippen LogP contribution in [0.25, 0.3) is 0 Å². The van der Waals surface area contributed by atoms with Gasteiger partial charge in [0.15, 0.2) is 0 Å². The van der Waals surface area contributed by atoms with Crippen LogP contribution in [0.1, 0.15) is 22.9 Å². The predicted molar refractivity (Wildman–Crippen MR) is 82.3 cm³/mol. The van der Waals surface area contributed by atoms with Crippen molar-refractivity contribution in [1.29, 1.82) is 0 Å². The third kappa shape index (κ3) is 4.46. The molecule has 2 aromatic rings. The summed E-state index contributed by atoms with van der Waals surface area (Å²) in [4.78, 5) is 7.72. The Bertz CT molecular complexity index is 583. The van der Waals surface area contributed by atoms with Gasteiger partial charge in [0.05, 0.1) is 0 Å². The predicted octanol–water partition coefficient (Wildman–Crippen LogP) is 2.51. The highest BCUT2D eigenvalue weighted by Gasteiger charge is 2.06. The molecule has 0 saturated heterocycles. The molecule has 0 radical (unpaired) electrons. The maximum Gasteiger partial charge on any atom is 0.104 e. The molecule has 1 N–H and O–H groups in total. The van der Waals surface area contributed by atoms with E-state index in [1.54, 1.807) is 11.3 Å². The lowest BCUT2D eigenvalue weighted by atomic mass is 10.2. The molecule has 0 aliphatic rings. The van der Waals surface area contributed by atoms with E-state index in [0.717, 1.165) is 25.2 Å². The Morgan fingerprint density at radius 1 is 1.30 bits per heavy atom. The van der Waals surface area contributed by atoms with Gasteiger partial charge < -0.3 is 5.11 Å². The van der Waals surface area contributed by atoms with Crippen LogP contribution in [-0.2, 0) is 13.1 Å². The number of aliphatic hydroxyl groups is 1. The highest BCUT2D eigenvalue weighted by atomic mass is 32.1. The molecule has 0 aromatic carbocycles. The van der Waals surface area contributed by atoms with Crippen molar-refractivity contribution in [2.75, 3.05) is 13.2 Å². The second-order valence-electron chi connectivity index (χ2n) is 4.42. The largest absolute Gasteiger partial charge is 0.384 e. The molecule has 2 heterocycles. The van der Waals surface area contributed by atoms with E-state index in [9.17, 15) is 0 Å². The maximum absolute atomic E-state index is 8.70. The lowest BCUT2D eigenvalue weighted by molar-refractivity contribution is 0.274. The van der Waals surface area contributed by atoms with E-state index < -0.39 is 0 Å². The summed E-state index contributed by atoms with van der Waals surface area (Å²) in [6.07, 6.45) is 3.66. The van der Waals surface area contributed by atoms with Crippen molar-refractivity contribution < 1.29 is 5.11 Å². The van der Waals surface area contributed by atoms with Crippen LogP contribution in [0.5, 0.6) is 0 Å². The topological polar surface area (TPSA) is 36.4 Å². The number of pyridine rings is 1. The SMILES string of the molecule is CCN(Cc1ccncc1)Cc1cc(C#CCO)cs1. The van der Waals surface area contributed by atoms with E-state index in [0.29, 0.717) is 0 Å². The molecule has 4 heteroatoms. The first-order valence-electron chi connectivity index (χ1n) is 6.60. The summed E-state index contributed by atoms with van der Waals surface area (Å²) < 4.78 is 0. The Morgan fingerprint density at radius 3 is 2.80 bits per heavy atom. The van der Waals surface area contributed by atoms with E-state index >= 15 is 0 Å². The Hall–Kier alpha value is -1.67. The third-order valence-corrected chi connectivity index (χ3v) is 3.87. The average molecular weight is 286 g/mol. The number of nitrogens with zero attached hydrogens (tertiary/aromatic N) is 2. The average Bonchev–Trinajstić information content (AvgIpc) is 2.93. The summed E-state index contributed by atoms with van der Waals surface area (Å²) in [7, 11) is 0. The number of hydrogen-bond acceptors (Lipinski definition) is 4. The zero-order chi connectivity index (χ0) is 14.2. The number of thiophene rings is 1. The molecule has 0 atom stereocenters. The molecule has 0 amide bonds. The first kappa shape index (κ1) is 14.7. The van der Waals surface area contributed by atoms with Gasteiger partial charge in [0.1, 0.15) is 6.61 Å². The molecule has 2 rings (SSSR count). The van der Waals surface area contributed by atoms with E-state index in [4.69, 9.17) is 5.11 Å². The zero-order valence-electron chi connectivity index (χ0n) is 11.5.